The highest BCUT2D eigenvalue weighted by Gasteiger charge is 2.31. The van der Waals surface area contributed by atoms with Crippen molar-refractivity contribution in [1.29, 1.82) is 0 Å². The number of carbonyl (C=O) groups is 4. The molecule has 10 nitrogen and oxygen atoms in total. The molecule has 1 N–H and O–H groups in total. The van der Waals surface area contributed by atoms with Crippen molar-refractivity contribution in [2.45, 2.75) is 19.1 Å². The number of nitrogens with one attached hydrogen (secondary N) is 1. The standard InChI is InChI=1S/C28H28N2O8S/c1-35-23-10-7-19(14-24(23)36-2)22(31)17-38-28(34)18-5-8-20(9-6-18)29-26(32)15-25-27(33)30(11-12-37-25)16-21-4-3-13-39-21/h3-10,13-14,25H,11-12,15-17H2,1-2H3,(H,29,32). The Balaban J connectivity index is 1.26. The number of hydrogen-bond donors (Lipinski definition) is 1. The van der Waals surface area contributed by atoms with Crippen molar-refractivity contribution >= 4 is 40.6 Å². The molecule has 11 heteroatoms. The number of benzene rings is 2. The van der Waals surface area contributed by atoms with Crippen molar-refractivity contribution in [2.75, 3.05) is 39.3 Å². The highest BCUT2D eigenvalue weighted by molar-refractivity contribution is 7.09. The minimum atomic E-state index is -0.851. The Bertz CT molecular complexity index is 1320. The molecule has 39 heavy (non-hydrogen) atoms. The predicted molar refractivity (Wildman–Crippen MR) is 143 cm³/mol. The maximum atomic E-state index is 12.8. The largest absolute Gasteiger partial charge is 0.493 e. The number of methoxy groups -OCH3 is 2. The SMILES string of the molecule is COc1ccc(C(=O)COC(=O)c2ccc(NC(=O)CC3OCCN(Cc4cccs4)C3=O)cc2)cc1OC. The number of esters is 1. The number of carbonyl (C=O) groups excluding carboxylic acids is 4. The molecule has 2 heterocycles. The first kappa shape index (κ1) is 27.8. The molecule has 3 aromatic rings. The minimum absolute atomic E-state index is 0.123. The lowest BCUT2D eigenvalue weighted by Gasteiger charge is -2.32. The average Bonchev–Trinajstić information content (AvgIpc) is 3.47. The Morgan fingerprint density at radius 2 is 1.77 bits per heavy atom. The van der Waals surface area contributed by atoms with E-state index in [4.69, 9.17) is 18.9 Å². The van der Waals surface area contributed by atoms with E-state index in [-0.39, 0.29) is 23.8 Å². The summed E-state index contributed by atoms with van der Waals surface area (Å²) in [5.74, 6) is -0.822. The van der Waals surface area contributed by atoms with Crippen LogP contribution in [-0.2, 0) is 25.6 Å². The van der Waals surface area contributed by atoms with Crippen LogP contribution in [0.4, 0.5) is 5.69 Å². The number of anilines is 1. The third-order valence-corrected chi connectivity index (χ3v) is 6.87. The van der Waals surface area contributed by atoms with Crippen LogP contribution in [-0.4, -0.2) is 68.5 Å². The molecule has 0 radical (unpaired) electrons. The van der Waals surface area contributed by atoms with Crippen LogP contribution in [0.25, 0.3) is 0 Å². The number of hydrogen-bond acceptors (Lipinski definition) is 9. The van der Waals surface area contributed by atoms with Gasteiger partial charge in [0.2, 0.25) is 5.91 Å². The molecule has 1 unspecified atom stereocenters. The quantitative estimate of drug-likeness (QED) is 0.283. The maximum absolute atomic E-state index is 12.8. The molecule has 0 bridgehead atoms. The lowest BCUT2D eigenvalue weighted by Crippen LogP contribution is -2.48. The van der Waals surface area contributed by atoms with Crippen molar-refractivity contribution in [3.05, 3.63) is 76.0 Å². The summed E-state index contributed by atoms with van der Waals surface area (Å²) in [6.07, 6.45) is -0.974. The van der Waals surface area contributed by atoms with Crippen LogP contribution in [0.5, 0.6) is 11.5 Å². The number of ketones is 1. The third kappa shape index (κ3) is 7.21. The Hall–Kier alpha value is -4.22. The molecule has 1 saturated heterocycles. The van der Waals surface area contributed by atoms with Gasteiger partial charge in [-0.05, 0) is 53.9 Å². The summed E-state index contributed by atoms with van der Waals surface area (Å²) in [6.45, 7) is 0.883. The van der Waals surface area contributed by atoms with Gasteiger partial charge in [-0.1, -0.05) is 6.07 Å². The van der Waals surface area contributed by atoms with Crippen LogP contribution in [0.2, 0.25) is 0 Å². The topological polar surface area (TPSA) is 120 Å². The van der Waals surface area contributed by atoms with E-state index in [9.17, 15) is 19.2 Å². The fourth-order valence-electron chi connectivity index (χ4n) is 3.96. The lowest BCUT2D eigenvalue weighted by atomic mass is 10.1. The zero-order valence-corrected chi connectivity index (χ0v) is 22.3. The van der Waals surface area contributed by atoms with Gasteiger partial charge in [0.05, 0.1) is 39.4 Å². The van der Waals surface area contributed by atoms with Crippen LogP contribution in [0.15, 0.2) is 60.0 Å². The van der Waals surface area contributed by atoms with Gasteiger partial charge in [-0.2, -0.15) is 0 Å². The van der Waals surface area contributed by atoms with Gasteiger partial charge >= 0.3 is 5.97 Å². The van der Waals surface area contributed by atoms with Gasteiger partial charge in [0.1, 0.15) is 6.10 Å². The van der Waals surface area contributed by atoms with E-state index in [2.05, 4.69) is 5.32 Å². The van der Waals surface area contributed by atoms with E-state index in [1.165, 1.54) is 44.6 Å². The van der Waals surface area contributed by atoms with Crippen molar-refractivity contribution in [3.63, 3.8) is 0 Å². The monoisotopic (exact) mass is 552 g/mol. The molecule has 1 aliphatic rings. The van der Waals surface area contributed by atoms with Gasteiger partial charge < -0.3 is 29.2 Å². The van der Waals surface area contributed by atoms with Crippen LogP contribution < -0.4 is 14.8 Å². The van der Waals surface area contributed by atoms with E-state index in [1.807, 2.05) is 17.5 Å². The first-order chi connectivity index (χ1) is 18.9. The molecular formula is C28H28N2O8S. The minimum Gasteiger partial charge on any atom is -0.493 e. The zero-order chi connectivity index (χ0) is 27.8. The van der Waals surface area contributed by atoms with E-state index in [0.717, 1.165) is 4.88 Å². The van der Waals surface area contributed by atoms with Gasteiger partial charge in [-0.15, -0.1) is 11.3 Å². The number of rotatable bonds is 11. The molecule has 0 spiro atoms. The van der Waals surface area contributed by atoms with Gasteiger partial charge in [0, 0.05) is 22.7 Å². The molecule has 1 atom stereocenters. The Morgan fingerprint density at radius 1 is 1.03 bits per heavy atom. The summed E-state index contributed by atoms with van der Waals surface area (Å²) in [4.78, 5) is 53.0. The molecule has 2 amide bonds. The lowest BCUT2D eigenvalue weighted by molar-refractivity contribution is -0.155. The normalized spacial score (nSPS) is 15.0. The Kier molecular flexibility index (Phi) is 9.29. The zero-order valence-electron chi connectivity index (χ0n) is 21.5. The summed E-state index contributed by atoms with van der Waals surface area (Å²) in [5.41, 5.74) is 0.966. The summed E-state index contributed by atoms with van der Waals surface area (Å²) in [6, 6.07) is 14.6. The number of thiophene rings is 1. The van der Waals surface area contributed by atoms with Crippen molar-refractivity contribution < 1.29 is 38.1 Å². The fraction of sp³-hybridized carbons (Fsp3) is 0.286. The van der Waals surface area contributed by atoms with Gasteiger partial charge in [-0.25, -0.2) is 4.79 Å². The summed E-state index contributed by atoms with van der Waals surface area (Å²) < 4.78 is 21.0. The molecule has 4 rings (SSSR count). The van der Waals surface area contributed by atoms with Gasteiger partial charge in [0.15, 0.2) is 23.9 Å². The van der Waals surface area contributed by atoms with E-state index in [0.29, 0.717) is 42.4 Å². The molecule has 2 aromatic carbocycles. The van der Waals surface area contributed by atoms with Crippen molar-refractivity contribution in [3.8, 4) is 11.5 Å². The summed E-state index contributed by atoms with van der Waals surface area (Å²) in [5, 5.41) is 4.67. The van der Waals surface area contributed by atoms with Crippen LogP contribution in [0, 0.1) is 0 Å². The first-order valence-electron chi connectivity index (χ1n) is 12.1. The number of Topliss-reactive ketones (excluding diaryl/α,β-unsaturated/α-hetero) is 1. The molecule has 204 valence electrons. The molecule has 1 fully saturated rings. The van der Waals surface area contributed by atoms with Crippen molar-refractivity contribution in [1.82, 2.24) is 4.90 Å². The smallest absolute Gasteiger partial charge is 0.338 e. The van der Waals surface area contributed by atoms with Crippen molar-refractivity contribution in [2.24, 2.45) is 0 Å². The number of nitrogens with zero attached hydrogens (tertiary/aromatic N) is 1. The number of amides is 2. The first-order valence-corrected chi connectivity index (χ1v) is 13.0. The second-order valence-electron chi connectivity index (χ2n) is 8.60. The van der Waals surface area contributed by atoms with Crippen LogP contribution in [0.1, 0.15) is 32.0 Å². The Labute approximate surface area is 229 Å². The molecule has 0 aliphatic carbocycles. The molecule has 0 saturated carbocycles. The molecule has 1 aliphatic heterocycles. The number of ether oxygens (including phenoxy) is 4. The van der Waals surface area contributed by atoms with Crippen LogP contribution >= 0.6 is 11.3 Å². The van der Waals surface area contributed by atoms with E-state index < -0.39 is 24.5 Å². The molecule has 1 aromatic heterocycles. The second-order valence-corrected chi connectivity index (χ2v) is 9.63. The van der Waals surface area contributed by atoms with Gasteiger partial charge in [-0.3, -0.25) is 14.4 Å². The third-order valence-electron chi connectivity index (χ3n) is 6.01. The second kappa shape index (κ2) is 13.0. The Morgan fingerprint density at radius 3 is 2.46 bits per heavy atom. The average molecular weight is 553 g/mol. The summed E-state index contributed by atoms with van der Waals surface area (Å²) >= 11 is 1.57. The fourth-order valence-corrected chi connectivity index (χ4v) is 4.68. The highest BCUT2D eigenvalue weighted by atomic mass is 32.1. The van der Waals surface area contributed by atoms with Crippen LogP contribution in [0.3, 0.4) is 0 Å². The summed E-state index contributed by atoms with van der Waals surface area (Å²) in [7, 11) is 2.95. The molecular weight excluding hydrogens is 524 g/mol. The highest BCUT2D eigenvalue weighted by Crippen LogP contribution is 2.27. The van der Waals surface area contributed by atoms with E-state index >= 15 is 0 Å². The maximum Gasteiger partial charge on any atom is 0.338 e. The van der Waals surface area contributed by atoms with E-state index in [1.54, 1.807) is 28.4 Å². The number of morpholine rings is 1. The van der Waals surface area contributed by atoms with Gasteiger partial charge in [0.25, 0.3) is 5.91 Å². The predicted octanol–water partition coefficient (Wildman–Crippen LogP) is 3.56.